The lowest BCUT2D eigenvalue weighted by atomic mass is 10.1. The maximum absolute atomic E-state index is 13.4. The summed E-state index contributed by atoms with van der Waals surface area (Å²) < 4.78 is 46.1. The van der Waals surface area contributed by atoms with Crippen LogP contribution in [0.4, 0.5) is 13.2 Å². The molecule has 11 heteroatoms. The molecule has 4 rings (SSSR count). The van der Waals surface area contributed by atoms with Crippen molar-refractivity contribution in [2.75, 3.05) is 7.11 Å². The second-order valence-corrected chi connectivity index (χ2v) is 8.28. The summed E-state index contributed by atoms with van der Waals surface area (Å²) >= 11 is 6.09. The monoisotopic (exact) mass is 517 g/mol. The number of alkyl halides is 3. The molecule has 3 aromatic carbocycles. The van der Waals surface area contributed by atoms with Crippen LogP contribution in [0.15, 0.2) is 76.3 Å². The van der Waals surface area contributed by atoms with E-state index in [1.165, 1.54) is 43.5 Å². The molecule has 0 saturated heterocycles. The van der Waals surface area contributed by atoms with Gasteiger partial charge in [-0.1, -0.05) is 29.8 Å². The van der Waals surface area contributed by atoms with Gasteiger partial charge in [0.25, 0.3) is 5.56 Å². The Morgan fingerprint density at radius 1 is 1.03 bits per heavy atom. The third-order valence-corrected chi connectivity index (χ3v) is 5.70. The summed E-state index contributed by atoms with van der Waals surface area (Å²) in [6.45, 7) is -0.690. The van der Waals surface area contributed by atoms with E-state index in [2.05, 4.69) is 5.32 Å². The number of halogens is 4. The first-order valence-electron chi connectivity index (χ1n) is 10.6. The Morgan fingerprint density at radius 3 is 2.50 bits per heavy atom. The molecule has 1 N–H and O–H groups in total. The SMILES string of the molecule is COc1cccc(-n2c(=O)c3ccc(Cl)cc3n(CC(=O)NCc3cccc(C(F)(F)F)c3)c2=O)c1. The zero-order valence-electron chi connectivity index (χ0n) is 18.8. The van der Waals surface area contributed by atoms with Crippen molar-refractivity contribution in [3.8, 4) is 11.4 Å². The second-order valence-electron chi connectivity index (χ2n) is 7.85. The quantitative estimate of drug-likeness (QED) is 0.416. The molecular weight excluding hydrogens is 499 g/mol. The molecule has 0 atom stereocenters. The van der Waals surface area contributed by atoms with Crippen LogP contribution in [0.1, 0.15) is 11.1 Å². The van der Waals surface area contributed by atoms with E-state index in [4.69, 9.17) is 16.3 Å². The number of hydrogen-bond donors (Lipinski definition) is 1. The molecule has 4 aromatic rings. The molecule has 1 heterocycles. The summed E-state index contributed by atoms with van der Waals surface area (Å²) in [5.41, 5.74) is -1.63. The zero-order chi connectivity index (χ0) is 26.0. The van der Waals surface area contributed by atoms with Crippen molar-refractivity contribution in [3.63, 3.8) is 0 Å². The number of nitrogens with one attached hydrogen (secondary N) is 1. The summed E-state index contributed by atoms with van der Waals surface area (Å²) in [7, 11) is 1.44. The molecule has 0 saturated carbocycles. The Labute approximate surface area is 207 Å². The van der Waals surface area contributed by atoms with Crippen molar-refractivity contribution in [1.29, 1.82) is 0 Å². The fourth-order valence-corrected chi connectivity index (χ4v) is 3.89. The highest BCUT2D eigenvalue weighted by Gasteiger charge is 2.30. The third kappa shape index (κ3) is 5.13. The van der Waals surface area contributed by atoms with Gasteiger partial charge in [0.15, 0.2) is 0 Å². The highest BCUT2D eigenvalue weighted by atomic mass is 35.5. The first-order valence-corrected chi connectivity index (χ1v) is 11.0. The molecule has 1 amide bonds. The number of carbonyl (C=O) groups excluding carboxylic acids is 1. The molecule has 0 bridgehead atoms. The standard InChI is InChI=1S/C25H19ClF3N3O4/c1-36-19-7-3-6-18(12-19)32-23(34)20-9-8-17(26)11-21(20)31(24(32)35)14-22(33)30-13-15-4-2-5-16(10-15)25(27,28)29/h2-12H,13-14H2,1H3,(H,30,33). The van der Waals surface area contributed by atoms with Crippen LogP contribution in [0.5, 0.6) is 5.75 Å². The van der Waals surface area contributed by atoms with Crippen LogP contribution in [-0.4, -0.2) is 22.2 Å². The molecule has 0 spiro atoms. The number of amides is 1. The molecule has 0 aliphatic rings. The summed E-state index contributed by atoms with van der Waals surface area (Å²) in [6, 6.07) is 15.2. The summed E-state index contributed by atoms with van der Waals surface area (Å²) in [5, 5.41) is 2.91. The molecule has 7 nitrogen and oxygen atoms in total. The number of aromatic nitrogens is 2. The fraction of sp³-hybridized carbons (Fsp3) is 0.160. The second kappa shape index (κ2) is 9.90. The zero-order valence-corrected chi connectivity index (χ0v) is 19.6. The van der Waals surface area contributed by atoms with Crippen LogP contribution in [0.3, 0.4) is 0 Å². The van der Waals surface area contributed by atoms with Gasteiger partial charge in [0.2, 0.25) is 5.91 Å². The normalized spacial score (nSPS) is 11.5. The van der Waals surface area contributed by atoms with Gasteiger partial charge >= 0.3 is 11.9 Å². The molecule has 0 aliphatic carbocycles. The Bertz CT molecular complexity index is 1580. The minimum atomic E-state index is -4.51. The average Bonchev–Trinajstić information content (AvgIpc) is 2.85. The van der Waals surface area contributed by atoms with Gasteiger partial charge in [-0.05, 0) is 48.0 Å². The van der Waals surface area contributed by atoms with Crippen molar-refractivity contribution in [3.05, 3.63) is 104 Å². The Hall–Kier alpha value is -4.05. The highest BCUT2D eigenvalue weighted by Crippen LogP contribution is 2.29. The van der Waals surface area contributed by atoms with E-state index < -0.39 is 35.4 Å². The lowest BCUT2D eigenvalue weighted by Gasteiger charge is -2.15. The largest absolute Gasteiger partial charge is 0.497 e. The van der Waals surface area contributed by atoms with Gasteiger partial charge in [-0.3, -0.25) is 14.2 Å². The lowest BCUT2D eigenvalue weighted by Crippen LogP contribution is -2.41. The van der Waals surface area contributed by atoms with E-state index in [9.17, 15) is 27.6 Å². The van der Waals surface area contributed by atoms with Gasteiger partial charge in [0.1, 0.15) is 12.3 Å². The summed E-state index contributed by atoms with van der Waals surface area (Å²) in [4.78, 5) is 39.4. The first kappa shape index (κ1) is 25.1. The van der Waals surface area contributed by atoms with Gasteiger partial charge < -0.3 is 10.1 Å². The fourth-order valence-electron chi connectivity index (χ4n) is 3.73. The number of nitrogens with zero attached hydrogens (tertiary/aromatic N) is 2. The van der Waals surface area contributed by atoms with Gasteiger partial charge in [-0.25, -0.2) is 9.36 Å². The van der Waals surface area contributed by atoms with E-state index in [0.29, 0.717) is 5.75 Å². The van der Waals surface area contributed by atoms with Crippen LogP contribution < -0.4 is 21.3 Å². The predicted octanol–water partition coefficient (Wildman–Crippen LogP) is 4.15. The van der Waals surface area contributed by atoms with Crippen molar-refractivity contribution in [2.24, 2.45) is 0 Å². The number of benzene rings is 3. The molecule has 1 aromatic heterocycles. The topological polar surface area (TPSA) is 82.3 Å². The predicted molar refractivity (Wildman–Crippen MR) is 129 cm³/mol. The van der Waals surface area contributed by atoms with Crippen molar-refractivity contribution in [2.45, 2.75) is 19.3 Å². The average molecular weight is 518 g/mol. The minimum absolute atomic E-state index is 0.144. The van der Waals surface area contributed by atoms with Gasteiger partial charge in [0.05, 0.1) is 29.3 Å². The van der Waals surface area contributed by atoms with Gasteiger partial charge in [0, 0.05) is 17.6 Å². The number of ether oxygens (including phenoxy) is 1. The van der Waals surface area contributed by atoms with Crippen LogP contribution >= 0.6 is 11.6 Å². The molecular formula is C25H19ClF3N3O4. The van der Waals surface area contributed by atoms with Crippen LogP contribution in [0.2, 0.25) is 5.02 Å². The van der Waals surface area contributed by atoms with Crippen LogP contribution in [-0.2, 0) is 24.1 Å². The van der Waals surface area contributed by atoms with E-state index in [-0.39, 0.29) is 33.7 Å². The molecule has 186 valence electrons. The maximum atomic E-state index is 13.4. The van der Waals surface area contributed by atoms with E-state index in [1.807, 2.05) is 0 Å². The van der Waals surface area contributed by atoms with E-state index in [0.717, 1.165) is 21.3 Å². The lowest BCUT2D eigenvalue weighted by molar-refractivity contribution is -0.137. The van der Waals surface area contributed by atoms with Crippen LogP contribution in [0.25, 0.3) is 16.6 Å². The number of fused-ring (bicyclic) bond motifs is 1. The van der Waals surface area contributed by atoms with Crippen molar-refractivity contribution < 1.29 is 22.7 Å². The molecule has 0 radical (unpaired) electrons. The number of carbonyl (C=O) groups is 1. The first-order chi connectivity index (χ1) is 17.1. The Morgan fingerprint density at radius 2 is 1.78 bits per heavy atom. The van der Waals surface area contributed by atoms with Crippen LogP contribution in [0, 0.1) is 0 Å². The highest BCUT2D eigenvalue weighted by molar-refractivity contribution is 6.31. The van der Waals surface area contributed by atoms with Gasteiger partial charge in [-0.15, -0.1) is 0 Å². The Balaban J connectivity index is 1.71. The molecule has 0 aliphatic heterocycles. The maximum Gasteiger partial charge on any atom is 0.416 e. The number of rotatable bonds is 6. The number of hydrogen-bond acceptors (Lipinski definition) is 4. The van der Waals surface area contributed by atoms with E-state index >= 15 is 0 Å². The summed E-state index contributed by atoms with van der Waals surface area (Å²) in [6.07, 6.45) is -4.51. The third-order valence-electron chi connectivity index (χ3n) is 5.46. The van der Waals surface area contributed by atoms with Crippen molar-refractivity contribution in [1.82, 2.24) is 14.5 Å². The summed E-state index contributed by atoms with van der Waals surface area (Å²) in [5.74, 6) is -0.230. The number of methoxy groups -OCH3 is 1. The smallest absolute Gasteiger partial charge is 0.416 e. The Kier molecular flexibility index (Phi) is 6.89. The van der Waals surface area contributed by atoms with E-state index in [1.54, 1.807) is 18.2 Å². The molecule has 36 heavy (non-hydrogen) atoms. The molecule has 0 unspecified atom stereocenters. The molecule has 0 fully saturated rings. The minimum Gasteiger partial charge on any atom is -0.497 e. The van der Waals surface area contributed by atoms with Crippen molar-refractivity contribution >= 4 is 28.4 Å². The van der Waals surface area contributed by atoms with Gasteiger partial charge in [-0.2, -0.15) is 13.2 Å².